The topological polar surface area (TPSA) is 17.1 Å². The Balaban J connectivity index is 2.46. The van der Waals surface area contributed by atoms with Gasteiger partial charge in [-0.1, -0.05) is 48.0 Å². The average molecular weight is 231 g/mol. The van der Waals surface area contributed by atoms with Crippen molar-refractivity contribution in [3.63, 3.8) is 0 Å². The highest BCUT2D eigenvalue weighted by atomic mass is 35.5. The van der Waals surface area contributed by atoms with Crippen LogP contribution >= 0.6 is 11.6 Å². The van der Waals surface area contributed by atoms with Crippen LogP contribution in [0.25, 0.3) is 11.1 Å². The monoisotopic (exact) mass is 230 g/mol. The van der Waals surface area contributed by atoms with E-state index >= 15 is 0 Å². The van der Waals surface area contributed by atoms with E-state index in [9.17, 15) is 4.79 Å². The van der Waals surface area contributed by atoms with Gasteiger partial charge in [-0.2, -0.15) is 0 Å². The van der Waals surface area contributed by atoms with E-state index in [1.54, 1.807) is 12.1 Å². The second kappa shape index (κ2) is 4.50. The maximum absolute atomic E-state index is 10.5. The summed E-state index contributed by atoms with van der Waals surface area (Å²) in [6.45, 7) is 2.01. The molecule has 2 heteroatoms. The third kappa shape index (κ3) is 2.15. The van der Waals surface area contributed by atoms with Crippen molar-refractivity contribution in [3.8, 4) is 11.1 Å². The van der Waals surface area contributed by atoms with Crippen molar-refractivity contribution in [2.75, 3.05) is 0 Å². The highest BCUT2D eigenvalue weighted by molar-refractivity contribution is 6.33. The second-order valence-corrected chi connectivity index (χ2v) is 4.13. The van der Waals surface area contributed by atoms with E-state index in [0.29, 0.717) is 5.56 Å². The number of carbonyl (C=O) groups is 1. The smallest absolute Gasteiger partial charge is 0.150 e. The Morgan fingerprint density at radius 3 is 2.31 bits per heavy atom. The van der Waals surface area contributed by atoms with Crippen LogP contribution in [0.1, 0.15) is 15.9 Å². The molecule has 0 spiro atoms. The first-order valence-corrected chi connectivity index (χ1v) is 5.40. The number of aldehydes is 1. The van der Waals surface area contributed by atoms with E-state index in [2.05, 4.69) is 0 Å². The first kappa shape index (κ1) is 10.9. The number of halogens is 1. The first-order chi connectivity index (χ1) is 7.70. The van der Waals surface area contributed by atoms with Crippen LogP contribution in [0, 0.1) is 6.92 Å². The standard InChI is InChI=1S/C14H11ClO/c1-10-2-7-13(14(15)8-10)12-5-3-11(9-16)4-6-12/h2-9H,1H3. The Hall–Kier alpha value is -1.60. The zero-order chi connectivity index (χ0) is 11.5. The van der Waals surface area contributed by atoms with Crippen LogP contribution in [0.5, 0.6) is 0 Å². The summed E-state index contributed by atoms with van der Waals surface area (Å²) in [7, 11) is 0. The minimum Gasteiger partial charge on any atom is -0.298 e. The summed E-state index contributed by atoms with van der Waals surface area (Å²) in [5.41, 5.74) is 3.82. The molecule has 0 unspecified atom stereocenters. The van der Waals surface area contributed by atoms with Crippen molar-refractivity contribution in [1.29, 1.82) is 0 Å². The number of benzene rings is 2. The fourth-order valence-electron chi connectivity index (χ4n) is 1.60. The number of aryl methyl sites for hydroxylation is 1. The van der Waals surface area contributed by atoms with Gasteiger partial charge >= 0.3 is 0 Å². The van der Waals surface area contributed by atoms with Crippen LogP contribution in [0.15, 0.2) is 42.5 Å². The lowest BCUT2D eigenvalue weighted by molar-refractivity contribution is 0.112. The van der Waals surface area contributed by atoms with Crippen molar-refractivity contribution in [1.82, 2.24) is 0 Å². The van der Waals surface area contributed by atoms with Crippen LogP contribution in [0.3, 0.4) is 0 Å². The third-order valence-electron chi connectivity index (χ3n) is 2.48. The molecular weight excluding hydrogens is 220 g/mol. The lowest BCUT2D eigenvalue weighted by Crippen LogP contribution is -1.83. The van der Waals surface area contributed by atoms with E-state index in [1.807, 2.05) is 37.3 Å². The molecule has 0 N–H and O–H groups in total. The van der Waals surface area contributed by atoms with Crippen molar-refractivity contribution in [3.05, 3.63) is 58.6 Å². The Morgan fingerprint density at radius 2 is 1.75 bits per heavy atom. The molecule has 2 rings (SSSR count). The van der Waals surface area contributed by atoms with Gasteiger partial charge in [-0.15, -0.1) is 0 Å². The Labute approximate surface area is 99.7 Å². The largest absolute Gasteiger partial charge is 0.298 e. The zero-order valence-corrected chi connectivity index (χ0v) is 9.66. The first-order valence-electron chi connectivity index (χ1n) is 5.02. The summed E-state index contributed by atoms with van der Waals surface area (Å²) in [5, 5.41) is 0.735. The highest BCUT2D eigenvalue weighted by Crippen LogP contribution is 2.28. The highest BCUT2D eigenvalue weighted by Gasteiger charge is 2.03. The summed E-state index contributed by atoms with van der Waals surface area (Å²) in [5.74, 6) is 0. The minimum atomic E-state index is 0.673. The number of rotatable bonds is 2. The van der Waals surface area contributed by atoms with E-state index in [0.717, 1.165) is 28.0 Å². The lowest BCUT2D eigenvalue weighted by Gasteiger charge is -2.05. The molecule has 0 radical (unpaired) electrons. The normalized spacial score (nSPS) is 10.1. The molecule has 80 valence electrons. The van der Waals surface area contributed by atoms with E-state index < -0.39 is 0 Å². The molecule has 0 aliphatic rings. The quantitative estimate of drug-likeness (QED) is 0.709. The van der Waals surface area contributed by atoms with Crippen molar-refractivity contribution in [2.24, 2.45) is 0 Å². The molecule has 2 aromatic rings. The molecule has 0 aromatic heterocycles. The minimum absolute atomic E-state index is 0.673. The molecule has 0 heterocycles. The van der Waals surface area contributed by atoms with E-state index in [-0.39, 0.29) is 0 Å². The van der Waals surface area contributed by atoms with Gasteiger partial charge < -0.3 is 0 Å². The van der Waals surface area contributed by atoms with Gasteiger partial charge in [-0.3, -0.25) is 4.79 Å². The van der Waals surface area contributed by atoms with Crippen molar-refractivity contribution in [2.45, 2.75) is 6.92 Å². The van der Waals surface area contributed by atoms with Gasteiger partial charge in [-0.25, -0.2) is 0 Å². The Bertz CT molecular complexity index is 515. The van der Waals surface area contributed by atoms with E-state index in [1.165, 1.54) is 0 Å². The molecule has 0 fully saturated rings. The summed E-state index contributed by atoms with van der Waals surface area (Å²) in [4.78, 5) is 10.5. The fraction of sp³-hybridized carbons (Fsp3) is 0.0714. The van der Waals surface area contributed by atoms with Crippen LogP contribution in [0.2, 0.25) is 5.02 Å². The predicted molar refractivity (Wildman–Crippen MR) is 67.0 cm³/mol. The Morgan fingerprint density at radius 1 is 1.06 bits per heavy atom. The number of carbonyl (C=O) groups excluding carboxylic acids is 1. The molecule has 2 aromatic carbocycles. The summed E-state index contributed by atoms with van der Waals surface area (Å²) in [6.07, 6.45) is 0.834. The Kier molecular flexibility index (Phi) is 3.07. The molecule has 0 aliphatic heterocycles. The summed E-state index contributed by atoms with van der Waals surface area (Å²) in [6, 6.07) is 13.3. The van der Waals surface area contributed by atoms with Gasteiger partial charge in [0.05, 0.1) is 0 Å². The van der Waals surface area contributed by atoms with Crippen LogP contribution in [-0.2, 0) is 0 Å². The maximum Gasteiger partial charge on any atom is 0.150 e. The molecule has 0 saturated heterocycles. The molecule has 0 atom stereocenters. The number of hydrogen-bond acceptors (Lipinski definition) is 1. The third-order valence-corrected chi connectivity index (χ3v) is 2.80. The second-order valence-electron chi connectivity index (χ2n) is 3.72. The van der Waals surface area contributed by atoms with Gasteiger partial charge in [0.15, 0.2) is 0 Å². The van der Waals surface area contributed by atoms with Crippen molar-refractivity contribution >= 4 is 17.9 Å². The SMILES string of the molecule is Cc1ccc(-c2ccc(C=O)cc2)c(Cl)c1. The fourth-order valence-corrected chi connectivity index (χ4v) is 1.94. The van der Waals surface area contributed by atoms with Gasteiger partial charge in [0, 0.05) is 16.1 Å². The number of hydrogen-bond donors (Lipinski definition) is 0. The summed E-state index contributed by atoms with van der Waals surface area (Å²) < 4.78 is 0. The van der Waals surface area contributed by atoms with Gasteiger partial charge in [-0.05, 0) is 24.1 Å². The zero-order valence-electron chi connectivity index (χ0n) is 8.91. The van der Waals surface area contributed by atoms with E-state index in [4.69, 9.17) is 11.6 Å². The maximum atomic E-state index is 10.5. The van der Waals surface area contributed by atoms with Crippen molar-refractivity contribution < 1.29 is 4.79 Å². The molecular formula is C14H11ClO. The molecule has 1 nitrogen and oxygen atoms in total. The molecule has 0 aliphatic carbocycles. The molecule has 0 saturated carbocycles. The lowest BCUT2D eigenvalue weighted by atomic mass is 10.0. The summed E-state index contributed by atoms with van der Waals surface area (Å²) >= 11 is 6.17. The molecule has 0 bridgehead atoms. The van der Waals surface area contributed by atoms with Gasteiger partial charge in [0.2, 0.25) is 0 Å². The van der Waals surface area contributed by atoms with Gasteiger partial charge in [0.1, 0.15) is 6.29 Å². The van der Waals surface area contributed by atoms with Crippen LogP contribution < -0.4 is 0 Å². The average Bonchev–Trinajstić information content (AvgIpc) is 2.29. The molecule has 0 amide bonds. The van der Waals surface area contributed by atoms with Gasteiger partial charge in [0.25, 0.3) is 0 Å². The predicted octanol–water partition coefficient (Wildman–Crippen LogP) is 4.13. The van der Waals surface area contributed by atoms with Crippen LogP contribution in [0.4, 0.5) is 0 Å². The van der Waals surface area contributed by atoms with Crippen LogP contribution in [-0.4, -0.2) is 6.29 Å². The molecule has 16 heavy (non-hydrogen) atoms.